The summed E-state index contributed by atoms with van der Waals surface area (Å²) in [6, 6.07) is 3.94. The molecule has 2 nitrogen and oxygen atoms in total. The average Bonchev–Trinajstić information content (AvgIpc) is 2.55. The van der Waals surface area contributed by atoms with Gasteiger partial charge in [0.05, 0.1) is 12.8 Å². The van der Waals surface area contributed by atoms with Crippen molar-refractivity contribution >= 4 is 15.9 Å². The predicted octanol–water partition coefficient (Wildman–Crippen LogP) is 3.13. The molecule has 0 aliphatic carbocycles. The van der Waals surface area contributed by atoms with Crippen LogP contribution in [0, 0.1) is 5.41 Å². The average molecular weight is 260 g/mol. The maximum Gasteiger partial charge on any atom is 0.117 e. The van der Waals surface area contributed by atoms with Crippen LogP contribution in [0.1, 0.15) is 19.6 Å². The van der Waals surface area contributed by atoms with E-state index in [1.54, 1.807) is 6.26 Å². The van der Waals surface area contributed by atoms with Crippen LogP contribution in [0.2, 0.25) is 0 Å². The number of rotatable bonds is 5. The van der Waals surface area contributed by atoms with Crippen LogP contribution in [0.4, 0.5) is 0 Å². The first kappa shape index (κ1) is 11.8. The Morgan fingerprint density at radius 2 is 2.21 bits per heavy atom. The van der Waals surface area contributed by atoms with Crippen molar-refractivity contribution in [3.8, 4) is 0 Å². The summed E-state index contributed by atoms with van der Waals surface area (Å²) in [6.45, 7) is 6.43. The molecule has 1 aromatic heterocycles. The van der Waals surface area contributed by atoms with E-state index in [1.807, 2.05) is 12.1 Å². The number of alkyl halides is 1. The van der Waals surface area contributed by atoms with Crippen molar-refractivity contribution in [3.05, 3.63) is 24.2 Å². The summed E-state index contributed by atoms with van der Waals surface area (Å²) < 4.78 is 5.30. The zero-order valence-electron chi connectivity index (χ0n) is 9.09. The summed E-state index contributed by atoms with van der Waals surface area (Å²) in [5.74, 6) is 1.03. The Morgan fingerprint density at radius 1 is 1.50 bits per heavy atom. The highest BCUT2D eigenvalue weighted by Crippen LogP contribution is 2.20. The Bertz CT molecular complexity index is 256. The summed E-state index contributed by atoms with van der Waals surface area (Å²) in [5, 5.41) is 1.02. The van der Waals surface area contributed by atoms with Gasteiger partial charge < -0.3 is 4.42 Å². The van der Waals surface area contributed by atoms with Gasteiger partial charge in [-0.15, -0.1) is 0 Å². The number of nitrogens with zero attached hydrogens (tertiary/aromatic N) is 1. The van der Waals surface area contributed by atoms with Crippen molar-refractivity contribution in [1.29, 1.82) is 0 Å². The van der Waals surface area contributed by atoms with Crippen molar-refractivity contribution in [2.24, 2.45) is 5.41 Å². The summed E-state index contributed by atoms with van der Waals surface area (Å²) >= 11 is 3.53. The summed E-state index contributed by atoms with van der Waals surface area (Å²) in [5.41, 5.74) is 0.307. The third kappa shape index (κ3) is 3.84. The van der Waals surface area contributed by atoms with Crippen molar-refractivity contribution in [1.82, 2.24) is 4.90 Å². The highest BCUT2D eigenvalue weighted by molar-refractivity contribution is 9.09. The van der Waals surface area contributed by atoms with Gasteiger partial charge in [-0.25, -0.2) is 0 Å². The zero-order valence-corrected chi connectivity index (χ0v) is 10.7. The molecule has 0 fully saturated rings. The molecule has 1 aromatic rings. The molecular formula is C11H18BrNO. The fraction of sp³-hybridized carbons (Fsp3) is 0.636. The molecule has 80 valence electrons. The Labute approximate surface area is 94.4 Å². The summed E-state index contributed by atoms with van der Waals surface area (Å²) in [4.78, 5) is 2.28. The molecular weight excluding hydrogens is 242 g/mol. The van der Waals surface area contributed by atoms with Crippen molar-refractivity contribution < 1.29 is 4.42 Å². The molecule has 0 unspecified atom stereocenters. The molecule has 0 bridgehead atoms. The molecule has 0 atom stereocenters. The molecule has 1 heterocycles. The molecule has 0 N–H and O–H groups in total. The fourth-order valence-electron chi connectivity index (χ4n) is 1.50. The van der Waals surface area contributed by atoms with Gasteiger partial charge in [0.1, 0.15) is 5.76 Å². The maximum absolute atomic E-state index is 5.30. The molecule has 14 heavy (non-hydrogen) atoms. The lowest BCUT2D eigenvalue weighted by Crippen LogP contribution is -2.32. The topological polar surface area (TPSA) is 16.4 Å². The Balaban J connectivity index is 2.40. The second-order valence-corrected chi connectivity index (χ2v) is 5.11. The fourth-order valence-corrected chi connectivity index (χ4v) is 1.67. The van der Waals surface area contributed by atoms with Gasteiger partial charge in [-0.3, -0.25) is 4.90 Å². The first-order chi connectivity index (χ1) is 6.53. The van der Waals surface area contributed by atoms with Crippen LogP contribution in [-0.4, -0.2) is 23.8 Å². The second-order valence-electron chi connectivity index (χ2n) is 4.55. The van der Waals surface area contributed by atoms with E-state index in [0.29, 0.717) is 5.41 Å². The van der Waals surface area contributed by atoms with Crippen LogP contribution >= 0.6 is 15.9 Å². The van der Waals surface area contributed by atoms with Crippen LogP contribution in [0.3, 0.4) is 0 Å². The normalized spacial score (nSPS) is 12.4. The van der Waals surface area contributed by atoms with Gasteiger partial charge in [0.2, 0.25) is 0 Å². The van der Waals surface area contributed by atoms with Gasteiger partial charge in [-0.1, -0.05) is 29.8 Å². The van der Waals surface area contributed by atoms with Crippen molar-refractivity contribution in [2.45, 2.75) is 20.4 Å². The molecule has 0 aliphatic rings. The minimum atomic E-state index is 0.307. The van der Waals surface area contributed by atoms with E-state index in [9.17, 15) is 0 Å². The third-order valence-corrected chi connectivity index (χ3v) is 3.58. The van der Waals surface area contributed by atoms with Crippen LogP contribution in [0.25, 0.3) is 0 Å². The molecule has 0 radical (unpaired) electrons. The van der Waals surface area contributed by atoms with Gasteiger partial charge in [-0.2, -0.15) is 0 Å². The molecule has 0 spiro atoms. The Morgan fingerprint density at radius 3 is 2.71 bits per heavy atom. The summed E-state index contributed by atoms with van der Waals surface area (Å²) in [6.07, 6.45) is 1.72. The minimum Gasteiger partial charge on any atom is -0.468 e. The van der Waals surface area contributed by atoms with E-state index in [2.05, 4.69) is 41.7 Å². The number of hydrogen-bond acceptors (Lipinski definition) is 2. The van der Waals surface area contributed by atoms with Gasteiger partial charge in [0, 0.05) is 11.9 Å². The number of hydrogen-bond donors (Lipinski definition) is 0. The van der Waals surface area contributed by atoms with Crippen LogP contribution in [0.15, 0.2) is 22.8 Å². The van der Waals surface area contributed by atoms with Gasteiger partial charge >= 0.3 is 0 Å². The standard InChI is InChI=1S/C11H18BrNO/c1-11(2,8-12)9-13(3)7-10-5-4-6-14-10/h4-6H,7-9H2,1-3H3. The lowest BCUT2D eigenvalue weighted by molar-refractivity contribution is 0.212. The van der Waals surface area contributed by atoms with E-state index < -0.39 is 0 Å². The maximum atomic E-state index is 5.30. The van der Waals surface area contributed by atoms with E-state index >= 15 is 0 Å². The van der Waals surface area contributed by atoms with Gasteiger partial charge in [0.15, 0.2) is 0 Å². The van der Waals surface area contributed by atoms with Crippen LogP contribution in [-0.2, 0) is 6.54 Å². The zero-order chi connectivity index (χ0) is 10.6. The molecule has 0 aromatic carbocycles. The quantitative estimate of drug-likeness (QED) is 0.756. The van der Waals surface area contributed by atoms with Crippen molar-refractivity contribution in [3.63, 3.8) is 0 Å². The highest BCUT2D eigenvalue weighted by atomic mass is 79.9. The van der Waals surface area contributed by atoms with Gasteiger partial charge in [-0.05, 0) is 24.6 Å². The predicted molar refractivity (Wildman–Crippen MR) is 62.6 cm³/mol. The van der Waals surface area contributed by atoms with E-state index in [-0.39, 0.29) is 0 Å². The van der Waals surface area contributed by atoms with Gasteiger partial charge in [0.25, 0.3) is 0 Å². The van der Waals surface area contributed by atoms with E-state index in [0.717, 1.165) is 24.2 Å². The monoisotopic (exact) mass is 259 g/mol. The molecule has 0 saturated carbocycles. The van der Waals surface area contributed by atoms with E-state index in [1.165, 1.54) is 0 Å². The lowest BCUT2D eigenvalue weighted by atomic mass is 9.96. The summed E-state index contributed by atoms with van der Waals surface area (Å²) in [7, 11) is 2.12. The Kier molecular flexibility index (Phi) is 4.20. The number of halogens is 1. The molecule has 3 heteroatoms. The first-order valence-corrected chi connectivity index (χ1v) is 5.92. The van der Waals surface area contributed by atoms with Crippen molar-refractivity contribution in [2.75, 3.05) is 18.9 Å². The molecule has 1 rings (SSSR count). The van der Waals surface area contributed by atoms with E-state index in [4.69, 9.17) is 4.42 Å². The molecule has 0 saturated heterocycles. The largest absolute Gasteiger partial charge is 0.468 e. The highest BCUT2D eigenvalue weighted by Gasteiger charge is 2.18. The SMILES string of the molecule is CN(Cc1ccco1)CC(C)(C)CBr. The second kappa shape index (κ2) is 4.99. The minimum absolute atomic E-state index is 0.307. The molecule has 0 amide bonds. The van der Waals surface area contributed by atoms with Crippen LogP contribution in [0.5, 0.6) is 0 Å². The first-order valence-electron chi connectivity index (χ1n) is 4.80. The third-order valence-electron chi connectivity index (χ3n) is 2.07. The Hall–Kier alpha value is -0.280. The molecule has 0 aliphatic heterocycles. The lowest BCUT2D eigenvalue weighted by Gasteiger charge is -2.27. The number of furan rings is 1. The van der Waals surface area contributed by atoms with Crippen LogP contribution < -0.4 is 0 Å². The smallest absolute Gasteiger partial charge is 0.117 e.